The second-order valence-corrected chi connectivity index (χ2v) is 11.8. The first-order valence-electron chi connectivity index (χ1n) is 13.6. The molecular formula is C31H42N2O3. The molecule has 2 fully saturated rings. The number of benzene rings is 2. The van der Waals surface area contributed by atoms with Gasteiger partial charge < -0.3 is 19.7 Å². The van der Waals surface area contributed by atoms with Gasteiger partial charge >= 0.3 is 0 Å². The second kappa shape index (κ2) is 9.41. The van der Waals surface area contributed by atoms with Crippen LogP contribution in [-0.4, -0.2) is 50.7 Å². The fourth-order valence-corrected chi connectivity index (χ4v) is 7.70. The molecule has 6 rings (SSSR count). The maximum Gasteiger partial charge on any atom is 0.209 e. The van der Waals surface area contributed by atoms with Crippen molar-refractivity contribution in [3.05, 3.63) is 58.7 Å². The number of rotatable bonds is 3. The Kier molecular flexibility index (Phi) is 6.57. The first-order valence-corrected chi connectivity index (χ1v) is 13.6. The SMILES string of the molecule is COc1cccc2c1C[C@@H]1C(C)[C@@]2(C)CCN1C=O.COc1cccc2c1C[C@H]1NCC[C@]2(C)C1C. The predicted molar refractivity (Wildman–Crippen MR) is 144 cm³/mol. The van der Waals surface area contributed by atoms with E-state index in [1.54, 1.807) is 14.2 Å². The quantitative estimate of drug-likeness (QED) is 0.623. The van der Waals surface area contributed by atoms with Crippen molar-refractivity contribution in [2.75, 3.05) is 27.3 Å². The minimum absolute atomic E-state index is 0.159. The molecule has 2 saturated heterocycles. The summed E-state index contributed by atoms with van der Waals surface area (Å²) in [6.07, 6.45) is 5.29. The number of nitrogens with zero attached hydrogens (tertiary/aromatic N) is 1. The van der Waals surface area contributed by atoms with E-state index in [1.807, 2.05) is 11.0 Å². The molecule has 2 aliphatic carbocycles. The average Bonchev–Trinajstić information content (AvgIpc) is 2.88. The van der Waals surface area contributed by atoms with Crippen LogP contribution in [0.1, 0.15) is 62.8 Å². The Balaban J connectivity index is 0.000000149. The molecule has 0 spiro atoms. The van der Waals surface area contributed by atoms with Gasteiger partial charge in [0.25, 0.3) is 0 Å². The predicted octanol–water partition coefficient (Wildman–Crippen LogP) is 4.88. The van der Waals surface area contributed by atoms with E-state index < -0.39 is 0 Å². The molecule has 2 unspecified atom stereocenters. The molecule has 2 aromatic carbocycles. The summed E-state index contributed by atoms with van der Waals surface area (Å²) in [5.41, 5.74) is 6.13. The highest BCUT2D eigenvalue weighted by molar-refractivity contribution is 5.53. The zero-order valence-corrected chi connectivity index (χ0v) is 22.8. The van der Waals surface area contributed by atoms with Crippen molar-refractivity contribution in [2.45, 2.75) is 76.3 Å². The lowest BCUT2D eigenvalue weighted by atomic mass is 9.59. The van der Waals surface area contributed by atoms with Gasteiger partial charge in [0, 0.05) is 18.6 Å². The van der Waals surface area contributed by atoms with Gasteiger partial charge in [-0.15, -0.1) is 0 Å². The van der Waals surface area contributed by atoms with Gasteiger partial charge in [-0.25, -0.2) is 0 Å². The molecule has 0 saturated carbocycles. The first-order chi connectivity index (χ1) is 17.3. The minimum atomic E-state index is 0.159. The molecule has 2 heterocycles. The largest absolute Gasteiger partial charge is 0.496 e. The van der Waals surface area contributed by atoms with Crippen LogP contribution in [0.5, 0.6) is 11.5 Å². The van der Waals surface area contributed by atoms with Crippen LogP contribution >= 0.6 is 0 Å². The molecule has 194 valence electrons. The molecule has 2 aromatic rings. The lowest BCUT2D eigenvalue weighted by Gasteiger charge is -2.53. The molecule has 5 heteroatoms. The molecule has 6 atom stereocenters. The number of hydrogen-bond acceptors (Lipinski definition) is 4. The van der Waals surface area contributed by atoms with Gasteiger partial charge in [-0.3, -0.25) is 4.79 Å². The summed E-state index contributed by atoms with van der Waals surface area (Å²) in [7, 11) is 3.50. The lowest BCUT2D eigenvalue weighted by molar-refractivity contribution is -0.124. The van der Waals surface area contributed by atoms with Gasteiger partial charge in [-0.2, -0.15) is 0 Å². The van der Waals surface area contributed by atoms with Gasteiger partial charge in [0.2, 0.25) is 6.41 Å². The van der Waals surface area contributed by atoms with Crippen LogP contribution in [0, 0.1) is 11.8 Å². The number of ether oxygens (including phenoxy) is 2. The van der Waals surface area contributed by atoms with E-state index in [2.05, 4.69) is 63.3 Å². The number of carbonyl (C=O) groups is 1. The van der Waals surface area contributed by atoms with Crippen molar-refractivity contribution in [1.82, 2.24) is 10.2 Å². The number of methoxy groups -OCH3 is 2. The summed E-state index contributed by atoms with van der Waals surface area (Å²) in [5, 5.41) is 3.66. The zero-order chi connectivity index (χ0) is 25.7. The van der Waals surface area contributed by atoms with E-state index in [4.69, 9.17) is 9.47 Å². The second-order valence-electron chi connectivity index (χ2n) is 11.8. The summed E-state index contributed by atoms with van der Waals surface area (Å²) in [4.78, 5) is 13.2. The van der Waals surface area contributed by atoms with Crippen molar-refractivity contribution in [3.8, 4) is 11.5 Å². The Hall–Kier alpha value is -2.53. The highest BCUT2D eigenvalue weighted by Gasteiger charge is 2.49. The fraction of sp³-hybridized carbons (Fsp3) is 0.581. The van der Waals surface area contributed by atoms with Crippen LogP contribution in [0.2, 0.25) is 0 Å². The van der Waals surface area contributed by atoms with Gasteiger partial charge in [-0.1, -0.05) is 52.0 Å². The Bertz CT molecular complexity index is 1130. The maximum atomic E-state index is 11.3. The highest BCUT2D eigenvalue weighted by Crippen LogP contribution is 2.50. The van der Waals surface area contributed by atoms with Crippen LogP contribution < -0.4 is 14.8 Å². The van der Waals surface area contributed by atoms with Crippen LogP contribution in [0.25, 0.3) is 0 Å². The molecule has 1 amide bonds. The summed E-state index contributed by atoms with van der Waals surface area (Å²) in [5.74, 6) is 3.23. The Morgan fingerprint density at radius 2 is 1.47 bits per heavy atom. The fourth-order valence-electron chi connectivity index (χ4n) is 7.70. The van der Waals surface area contributed by atoms with E-state index >= 15 is 0 Å². The molecule has 4 aliphatic rings. The Labute approximate surface area is 216 Å². The van der Waals surface area contributed by atoms with Gasteiger partial charge in [0.15, 0.2) is 0 Å². The van der Waals surface area contributed by atoms with Gasteiger partial charge in [-0.05, 0) is 89.3 Å². The third kappa shape index (κ3) is 3.73. The molecule has 36 heavy (non-hydrogen) atoms. The summed E-state index contributed by atoms with van der Waals surface area (Å²) in [6, 6.07) is 13.8. The van der Waals surface area contributed by atoms with Gasteiger partial charge in [0.05, 0.1) is 14.2 Å². The number of fused-ring (bicyclic) bond motifs is 8. The van der Waals surface area contributed by atoms with Crippen molar-refractivity contribution in [1.29, 1.82) is 0 Å². The van der Waals surface area contributed by atoms with E-state index in [-0.39, 0.29) is 5.41 Å². The number of likely N-dealkylation sites (tertiary alicyclic amines) is 1. The first kappa shape index (κ1) is 25.1. The van der Waals surface area contributed by atoms with Crippen molar-refractivity contribution >= 4 is 6.41 Å². The topological polar surface area (TPSA) is 50.8 Å². The molecule has 2 aliphatic heterocycles. The smallest absolute Gasteiger partial charge is 0.209 e. The monoisotopic (exact) mass is 490 g/mol. The molecule has 5 nitrogen and oxygen atoms in total. The molecule has 0 aromatic heterocycles. The maximum absolute atomic E-state index is 11.3. The van der Waals surface area contributed by atoms with Crippen LogP contribution in [0.3, 0.4) is 0 Å². The summed E-state index contributed by atoms with van der Waals surface area (Å²) in [6.45, 7) is 11.4. The number of nitrogens with one attached hydrogen (secondary N) is 1. The summed E-state index contributed by atoms with van der Waals surface area (Å²) >= 11 is 0. The normalized spacial score (nSPS) is 33.9. The standard InChI is InChI=1S/C16H21NO2.C15H21NO/c1-11-14-9-12-13(5-4-6-15(12)19-3)16(11,2)7-8-17(14)10-18;1-10-13-9-11-12(5-4-6-14(11)17-3)15(10,2)7-8-16-13/h4-6,10-11,14H,7-9H2,1-3H3;4-6,10,13,16H,7-9H2,1-3H3/t11?,14-,16-;10?,13-,15-/m11/s1. The number of hydrogen-bond donors (Lipinski definition) is 1. The molecule has 4 bridgehead atoms. The number of amides is 1. The van der Waals surface area contributed by atoms with Crippen LogP contribution in [0.4, 0.5) is 0 Å². The zero-order valence-electron chi connectivity index (χ0n) is 22.8. The Morgan fingerprint density at radius 1 is 0.889 bits per heavy atom. The lowest BCUT2D eigenvalue weighted by Crippen LogP contribution is -2.57. The summed E-state index contributed by atoms with van der Waals surface area (Å²) < 4.78 is 11.1. The number of carbonyl (C=O) groups excluding carboxylic acids is 1. The molecule has 0 radical (unpaired) electrons. The molecule has 1 N–H and O–H groups in total. The minimum Gasteiger partial charge on any atom is -0.496 e. The van der Waals surface area contributed by atoms with Crippen molar-refractivity contribution in [3.63, 3.8) is 0 Å². The van der Waals surface area contributed by atoms with E-state index in [1.165, 1.54) is 28.7 Å². The Morgan fingerprint density at radius 3 is 2.06 bits per heavy atom. The van der Waals surface area contributed by atoms with E-state index in [0.29, 0.717) is 29.3 Å². The van der Waals surface area contributed by atoms with Crippen LogP contribution in [0.15, 0.2) is 36.4 Å². The molecular weight excluding hydrogens is 448 g/mol. The van der Waals surface area contributed by atoms with Crippen molar-refractivity contribution < 1.29 is 14.3 Å². The third-order valence-corrected chi connectivity index (χ3v) is 10.5. The van der Waals surface area contributed by atoms with E-state index in [0.717, 1.165) is 50.3 Å². The van der Waals surface area contributed by atoms with Gasteiger partial charge in [0.1, 0.15) is 11.5 Å². The average molecular weight is 491 g/mol. The van der Waals surface area contributed by atoms with Crippen molar-refractivity contribution in [2.24, 2.45) is 11.8 Å². The van der Waals surface area contributed by atoms with Crippen LogP contribution in [-0.2, 0) is 28.5 Å². The third-order valence-electron chi connectivity index (χ3n) is 10.5. The van der Waals surface area contributed by atoms with E-state index in [9.17, 15) is 4.79 Å². The number of piperidine rings is 2. The highest BCUT2D eigenvalue weighted by atomic mass is 16.5.